The summed E-state index contributed by atoms with van der Waals surface area (Å²) in [5.74, 6) is 0.109. The molecule has 0 amide bonds. The summed E-state index contributed by atoms with van der Waals surface area (Å²) in [7, 11) is 0. The minimum atomic E-state index is -1.19. The standard InChI is InChI=1S/C12H12Cl2O3/c1-3-16-11(15)12(2)10(14)8-6-7(13)4-5-9(8)17-12/h4-6,10H,3H2,1-2H3. The molecule has 92 valence electrons. The smallest absolute Gasteiger partial charge is 0.352 e. The molecular weight excluding hydrogens is 263 g/mol. The Kier molecular flexibility index (Phi) is 3.23. The molecule has 1 heterocycles. The molecule has 0 spiro atoms. The SMILES string of the molecule is CCOC(=O)C1(C)Oc2ccc(Cl)cc2C1Cl. The van der Waals surface area contributed by atoms with Crippen molar-refractivity contribution in [2.75, 3.05) is 6.61 Å². The Labute approximate surface area is 110 Å². The Hall–Kier alpha value is -0.930. The molecule has 17 heavy (non-hydrogen) atoms. The van der Waals surface area contributed by atoms with Crippen molar-refractivity contribution in [3.8, 4) is 5.75 Å². The lowest BCUT2D eigenvalue weighted by atomic mass is 9.99. The maximum atomic E-state index is 11.9. The fraction of sp³-hybridized carbons (Fsp3) is 0.417. The molecule has 2 rings (SSSR count). The van der Waals surface area contributed by atoms with Crippen molar-refractivity contribution in [3.63, 3.8) is 0 Å². The molecular formula is C12H12Cl2O3. The third kappa shape index (κ3) is 1.98. The topological polar surface area (TPSA) is 35.5 Å². The summed E-state index contributed by atoms with van der Waals surface area (Å²) in [4.78, 5) is 11.9. The largest absolute Gasteiger partial charge is 0.474 e. The van der Waals surface area contributed by atoms with Crippen molar-refractivity contribution in [2.24, 2.45) is 0 Å². The third-order valence-corrected chi connectivity index (χ3v) is 3.62. The van der Waals surface area contributed by atoms with E-state index in [1.165, 1.54) is 0 Å². The number of rotatable bonds is 2. The highest BCUT2D eigenvalue weighted by Crippen LogP contribution is 2.48. The second-order valence-corrected chi connectivity index (χ2v) is 4.85. The van der Waals surface area contributed by atoms with Gasteiger partial charge in [0.1, 0.15) is 11.1 Å². The van der Waals surface area contributed by atoms with Gasteiger partial charge in [-0.15, -0.1) is 11.6 Å². The first-order valence-corrected chi connectivity index (χ1v) is 6.10. The molecule has 0 aliphatic carbocycles. The second kappa shape index (κ2) is 4.39. The van der Waals surface area contributed by atoms with Crippen LogP contribution in [0, 0.1) is 0 Å². The van der Waals surface area contributed by atoms with Crippen LogP contribution in [0.4, 0.5) is 0 Å². The van der Waals surface area contributed by atoms with Gasteiger partial charge in [-0.1, -0.05) is 11.6 Å². The maximum Gasteiger partial charge on any atom is 0.352 e. The summed E-state index contributed by atoms with van der Waals surface area (Å²) < 4.78 is 10.6. The van der Waals surface area contributed by atoms with Crippen LogP contribution >= 0.6 is 23.2 Å². The van der Waals surface area contributed by atoms with E-state index in [1.54, 1.807) is 32.0 Å². The van der Waals surface area contributed by atoms with E-state index in [1.807, 2.05) is 0 Å². The van der Waals surface area contributed by atoms with Crippen molar-refractivity contribution in [2.45, 2.75) is 24.8 Å². The number of carbonyl (C=O) groups excluding carboxylic acids is 1. The van der Waals surface area contributed by atoms with Gasteiger partial charge in [0, 0.05) is 10.6 Å². The first kappa shape index (κ1) is 12.5. The second-order valence-electron chi connectivity index (χ2n) is 3.97. The summed E-state index contributed by atoms with van der Waals surface area (Å²) in [6.45, 7) is 3.65. The molecule has 0 bridgehead atoms. The predicted octanol–water partition coefficient (Wildman–Crippen LogP) is 3.33. The molecule has 0 radical (unpaired) electrons. The quantitative estimate of drug-likeness (QED) is 0.613. The highest BCUT2D eigenvalue weighted by Gasteiger charge is 2.51. The number of carbonyl (C=O) groups is 1. The highest BCUT2D eigenvalue weighted by atomic mass is 35.5. The number of halogens is 2. The lowest BCUT2D eigenvalue weighted by molar-refractivity contribution is -0.159. The van der Waals surface area contributed by atoms with Gasteiger partial charge in [-0.25, -0.2) is 4.79 Å². The zero-order chi connectivity index (χ0) is 12.6. The van der Waals surface area contributed by atoms with E-state index in [0.29, 0.717) is 17.4 Å². The number of hydrogen-bond acceptors (Lipinski definition) is 3. The van der Waals surface area contributed by atoms with E-state index in [9.17, 15) is 4.79 Å². The Bertz CT molecular complexity index is 461. The van der Waals surface area contributed by atoms with E-state index < -0.39 is 16.9 Å². The van der Waals surface area contributed by atoms with E-state index in [4.69, 9.17) is 32.7 Å². The first-order valence-electron chi connectivity index (χ1n) is 5.28. The van der Waals surface area contributed by atoms with Crippen LogP contribution in [0.2, 0.25) is 5.02 Å². The van der Waals surface area contributed by atoms with Crippen LogP contribution in [-0.2, 0) is 9.53 Å². The van der Waals surface area contributed by atoms with Gasteiger partial charge in [0.05, 0.1) is 6.61 Å². The molecule has 0 saturated carbocycles. The van der Waals surface area contributed by atoms with Crippen LogP contribution in [0.25, 0.3) is 0 Å². The van der Waals surface area contributed by atoms with Gasteiger partial charge in [-0.3, -0.25) is 0 Å². The normalized spacial score (nSPS) is 26.2. The highest BCUT2D eigenvalue weighted by molar-refractivity contribution is 6.31. The number of alkyl halides is 1. The van der Waals surface area contributed by atoms with Crippen molar-refractivity contribution >= 4 is 29.2 Å². The molecule has 0 saturated heterocycles. The van der Waals surface area contributed by atoms with Crippen LogP contribution in [0.3, 0.4) is 0 Å². The van der Waals surface area contributed by atoms with Gasteiger partial charge in [-0.05, 0) is 32.0 Å². The van der Waals surface area contributed by atoms with E-state index in [-0.39, 0.29) is 0 Å². The summed E-state index contributed by atoms with van der Waals surface area (Å²) in [5, 5.41) is -0.0404. The molecule has 3 nitrogen and oxygen atoms in total. The Morgan fingerprint density at radius 2 is 2.29 bits per heavy atom. The first-order chi connectivity index (χ1) is 7.99. The van der Waals surface area contributed by atoms with Crippen molar-refractivity contribution in [1.82, 2.24) is 0 Å². The van der Waals surface area contributed by atoms with Gasteiger partial charge in [0.15, 0.2) is 0 Å². The molecule has 2 atom stereocenters. The third-order valence-electron chi connectivity index (χ3n) is 2.73. The number of esters is 1. The van der Waals surface area contributed by atoms with Crippen LogP contribution in [0.5, 0.6) is 5.75 Å². The van der Waals surface area contributed by atoms with Gasteiger partial charge < -0.3 is 9.47 Å². The Balaban J connectivity index is 2.36. The zero-order valence-corrected chi connectivity index (χ0v) is 11.0. The molecule has 1 aromatic carbocycles. The van der Waals surface area contributed by atoms with E-state index >= 15 is 0 Å². The summed E-state index contributed by atoms with van der Waals surface area (Å²) >= 11 is 12.2. The lowest BCUT2D eigenvalue weighted by Crippen LogP contribution is -2.43. The molecule has 0 fully saturated rings. The van der Waals surface area contributed by atoms with Crippen molar-refractivity contribution in [3.05, 3.63) is 28.8 Å². The Morgan fingerprint density at radius 3 is 2.94 bits per heavy atom. The monoisotopic (exact) mass is 274 g/mol. The molecule has 5 heteroatoms. The fourth-order valence-corrected chi connectivity index (χ4v) is 2.29. The minimum Gasteiger partial charge on any atom is -0.474 e. The summed E-state index contributed by atoms with van der Waals surface area (Å²) in [5.41, 5.74) is -0.473. The lowest BCUT2D eigenvalue weighted by Gasteiger charge is -2.24. The van der Waals surface area contributed by atoms with Crippen LogP contribution in [0.15, 0.2) is 18.2 Å². The minimum absolute atomic E-state index is 0.290. The molecule has 1 aromatic rings. The molecule has 0 aromatic heterocycles. The van der Waals surface area contributed by atoms with Gasteiger partial charge in [-0.2, -0.15) is 0 Å². The number of ether oxygens (including phenoxy) is 2. The van der Waals surface area contributed by atoms with Gasteiger partial charge >= 0.3 is 5.97 Å². The molecule has 2 unspecified atom stereocenters. The summed E-state index contributed by atoms with van der Waals surface area (Å²) in [6, 6.07) is 5.11. The predicted molar refractivity (Wildman–Crippen MR) is 65.7 cm³/mol. The van der Waals surface area contributed by atoms with Crippen molar-refractivity contribution in [1.29, 1.82) is 0 Å². The zero-order valence-electron chi connectivity index (χ0n) is 9.50. The average molecular weight is 275 g/mol. The fourth-order valence-electron chi connectivity index (χ4n) is 1.81. The van der Waals surface area contributed by atoms with Crippen LogP contribution in [-0.4, -0.2) is 18.2 Å². The van der Waals surface area contributed by atoms with E-state index in [0.717, 1.165) is 5.56 Å². The van der Waals surface area contributed by atoms with E-state index in [2.05, 4.69) is 0 Å². The van der Waals surface area contributed by atoms with Gasteiger partial charge in [0.2, 0.25) is 5.60 Å². The molecule has 1 aliphatic rings. The molecule has 0 N–H and O–H groups in total. The van der Waals surface area contributed by atoms with Crippen molar-refractivity contribution < 1.29 is 14.3 Å². The summed E-state index contributed by atoms with van der Waals surface area (Å²) in [6.07, 6.45) is 0. The number of fused-ring (bicyclic) bond motifs is 1. The van der Waals surface area contributed by atoms with Crippen LogP contribution in [0.1, 0.15) is 24.8 Å². The molecule has 1 aliphatic heterocycles. The van der Waals surface area contributed by atoms with Crippen LogP contribution < -0.4 is 4.74 Å². The van der Waals surface area contributed by atoms with Gasteiger partial charge in [0.25, 0.3) is 0 Å². The maximum absolute atomic E-state index is 11.9. The average Bonchev–Trinajstić information content (AvgIpc) is 2.54. The Morgan fingerprint density at radius 1 is 1.59 bits per heavy atom. The number of benzene rings is 1. The number of hydrogen-bond donors (Lipinski definition) is 0.